The van der Waals surface area contributed by atoms with Crippen molar-refractivity contribution in [2.75, 3.05) is 19.8 Å². The maximum absolute atomic E-state index is 5.93. The van der Waals surface area contributed by atoms with Crippen LogP contribution in [-0.4, -0.2) is 25.0 Å². The van der Waals surface area contributed by atoms with Crippen LogP contribution in [0.3, 0.4) is 0 Å². The third-order valence-corrected chi connectivity index (χ3v) is 8.19. The summed E-state index contributed by atoms with van der Waals surface area (Å²) in [5, 5.41) is 1.76. The average molecular weight is 592 g/mol. The first-order valence-electron chi connectivity index (χ1n) is 19.2. The van der Waals surface area contributed by atoms with E-state index in [2.05, 4.69) is 45.1 Å². The highest BCUT2D eigenvalue weighted by Crippen LogP contribution is 2.12. The molecule has 3 heteroatoms. The fourth-order valence-corrected chi connectivity index (χ4v) is 5.38. The van der Waals surface area contributed by atoms with Crippen molar-refractivity contribution in [1.29, 1.82) is 0 Å². The predicted octanol–water partition coefficient (Wildman–Crippen LogP) is 13.6. The minimum absolute atomic E-state index is 0.786. The van der Waals surface area contributed by atoms with Gasteiger partial charge in [0.2, 0.25) is 0 Å². The van der Waals surface area contributed by atoms with E-state index < -0.39 is 0 Å². The summed E-state index contributed by atoms with van der Waals surface area (Å²) in [5.41, 5.74) is 0. The summed E-state index contributed by atoms with van der Waals surface area (Å²) in [6.07, 6.45) is 48.2. The molecule has 0 radical (unpaired) electrons. The molecule has 0 rings (SSSR count). The van der Waals surface area contributed by atoms with E-state index in [9.17, 15) is 0 Å². The molecule has 0 unspecified atom stereocenters. The number of nitrogens with zero attached hydrogens (tertiary/aromatic N) is 1. The van der Waals surface area contributed by atoms with E-state index in [-0.39, 0.29) is 0 Å². The van der Waals surface area contributed by atoms with Crippen molar-refractivity contribution >= 4 is 0 Å². The summed E-state index contributed by atoms with van der Waals surface area (Å²) in [6.45, 7) is 9.20. The van der Waals surface area contributed by atoms with Crippen LogP contribution < -0.4 is 0 Å². The van der Waals surface area contributed by atoms with Crippen molar-refractivity contribution in [1.82, 2.24) is 5.23 Å². The van der Waals surface area contributed by atoms with Gasteiger partial charge in [-0.2, -0.15) is 0 Å². The van der Waals surface area contributed by atoms with Crippen LogP contribution in [0.4, 0.5) is 0 Å². The Labute approximate surface area is 265 Å². The fourth-order valence-electron chi connectivity index (χ4n) is 5.38. The van der Waals surface area contributed by atoms with Crippen LogP contribution in [0.15, 0.2) is 24.3 Å². The summed E-state index contributed by atoms with van der Waals surface area (Å²) in [7, 11) is 0. The second kappa shape index (κ2) is 38.4. The number of allylic oxidation sites excluding steroid dienone is 4. The predicted molar refractivity (Wildman–Crippen MR) is 188 cm³/mol. The van der Waals surface area contributed by atoms with Crippen molar-refractivity contribution in [2.45, 2.75) is 207 Å². The molecule has 0 aromatic rings. The Kier molecular flexibility index (Phi) is 37.8. The van der Waals surface area contributed by atoms with Gasteiger partial charge in [-0.15, -0.1) is 0 Å². The molecular weight excluding hydrogens is 514 g/mol. The lowest BCUT2D eigenvalue weighted by atomic mass is 10.1. The van der Waals surface area contributed by atoms with Gasteiger partial charge in [-0.25, -0.2) is 0 Å². The molecule has 0 aliphatic rings. The van der Waals surface area contributed by atoms with Crippen LogP contribution >= 0.6 is 0 Å². The van der Waals surface area contributed by atoms with Gasteiger partial charge in [0.15, 0.2) is 0 Å². The largest absolute Gasteiger partial charge is 0.274 e. The van der Waals surface area contributed by atoms with E-state index in [1.807, 2.05) is 0 Å². The summed E-state index contributed by atoms with van der Waals surface area (Å²) < 4.78 is 0. The van der Waals surface area contributed by atoms with Gasteiger partial charge in [0.05, 0.1) is 19.8 Å². The molecule has 0 fully saturated rings. The molecule has 0 saturated heterocycles. The van der Waals surface area contributed by atoms with Crippen LogP contribution in [0.25, 0.3) is 0 Å². The van der Waals surface area contributed by atoms with E-state index in [1.165, 1.54) is 167 Å². The molecule has 0 bridgehead atoms. The van der Waals surface area contributed by atoms with Gasteiger partial charge >= 0.3 is 0 Å². The Morgan fingerprint density at radius 1 is 0.333 bits per heavy atom. The Morgan fingerprint density at radius 2 is 0.619 bits per heavy atom. The molecule has 0 aromatic heterocycles. The standard InChI is InChI=1S/C39H77NO2/c1-4-7-9-11-13-15-17-19-21-23-25-27-29-31-33-35-38-41-40(37-6-3)42-39-36-34-32-30-28-26-24-22-20-18-16-14-12-10-8-5-2/h19-22H,4-18,23-39H2,1-3H3/b21-19-,22-20-. The minimum Gasteiger partial charge on any atom is -0.274 e. The molecule has 0 aliphatic carbocycles. The highest BCUT2D eigenvalue weighted by atomic mass is 16.9. The van der Waals surface area contributed by atoms with Gasteiger partial charge in [-0.05, 0) is 70.6 Å². The maximum Gasteiger partial charge on any atom is 0.0711 e. The first kappa shape index (κ1) is 41.4. The number of hydrogen-bond acceptors (Lipinski definition) is 3. The van der Waals surface area contributed by atoms with Gasteiger partial charge in [-0.3, -0.25) is 9.68 Å². The molecule has 0 amide bonds. The monoisotopic (exact) mass is 592 g/mol. The van der Waals surface area contributed by atoms with Gasteiger partial charge in [-0.1, -0.05) is 166 Å². The molecule has 0 spiro atoms. The van der Waals surface area contributed by atoms with Crippen molar-refractivity contribution in [3.05, 3.63) is 24.3 Å². The molecule has 42 heavy (non-hydrogen) atoms. The molecule has 250 valence electrons. The highest BCUT2D eigenvalue weighted by Gasteiger charge is 2.05. The average Bonchev–Trinajstić information content (AvgIpc) is 3.00. The van der Waals surface area contributed by atoms with Crippen LogP contribution in [0.1, 0.15) is 207 Å². The van der Waals surface area contributed by atoms with Crippen molar-refractivity contribution in [3.63, 3.8) is 0 Å². The van der Waals surface area contributed by atoms with Crippen LogP contribution in [0.2, 0.25) is 0 Å². The van der Waals surface area contributed by atoms with Crippen LogP contribution in [-0.2, 0) is 9.68 Å². The zero-order valence-corrected chi connectivity index (χ0v) is 29.2. The van der Waals surface area contributed by atoms with Crippen LogP contribution in [0, 0.1) is 0 Å². The van der Waals surface area contributed by atoms with Crippen LogP contribution in [0.5, 0.6) is 0 Å². The zero-order valence-electron chi connectivity index (χ0n) is 29.2. The molecule has 0 aliphatic heterocycles. The fraction of sp³-hybridized carbons (Fsp3) is 0.897. The van der Waals surface area contributed by atoms with Gasteiger partial charge in [0, 0.05) is 0 Å². The highest BCUT2D eigenvalue weighted by molar-refractivity contribution is 4.82. The molecule has 0 N–H and O–H groups in total. The van der Waals surface area contributed by atoms with Gasteiger partial charge in [0.1, 0.15) is 0 Å². The lowest BCUT2D eigenvalue weighted by molar-refractivity contribution is -0.368. The molecule has 0 saturated carbocycles. The number of hydrogen-bond donors (Lipinski definition) is 0. The van der Waals surface area contributed by atoms with E-state index >= 15 is 0 Å². The molecule has 0 heterocycles. The van der Waals surface area contributed by atoms with E-state index in [1.54, 1.807) is 5.23 Å². The number of hydroxylamine groups is 2. The van der Waals surface area contributed by atoms with Crippen molar-refractivity contribution in [2.24, 2.45) is 0 Å². The SMILES string of the molecule is CCCCCCCC/C=C\CCCCCCCCON(CCC)OCCCCCCCC/C=C\CCCCCCCC. The number of rotatable bonds is 36. The Morgan fingerprint density at radius 3 is 0.929 bits per heavy atom. The Balaban J connectivity index is 3.43. The lowest BCUT2D eigenvalue weighted by Crippen LogP contribution is -2.26. The third-order valence-electron chi connectivity index (χ3n) is 8.19. The molecule has 0 atom stereocenters. The van der Waals surface area contributed by atoms with E-state index in [0.29, 0.717) is 0 Å². The summed E-state index contributed by atoms with van der Waals surface area (Å²) in [5.74, 6) is 0. The molecule has 3 nitrogen and oxygen atoms in total. The first-order valence-corrected chi connectivity index (χ1v) is 19.2. The molecule has 0 aromatic carbocycles. The van der Waals surface area contributed by atoms with E-state index in [0.717, 1.165) is 39.0 Å². The molecular formula is C39H77NO2. The minimum atomic E-state index is 0.786. The Bertz CT molecular complexity index is 488. The quantitative estimate of drug-likeness (QED) is 0.0411. The summed E-state index contributed by atoms with van der Waals surface area (Å²) in [6, 6.07) is 0. The topological polar surface area (TPSA) is 21.7 Å². The van der Waals surface area contributed by atoms with Gasteiger partial charge in [0.25, 0.3) is 0 Å². The lowest BCUT2D eigenvalue weighted by Gasteiger charge is -2.20. The second-order valence-electron chi connectivity index (χ2n) is 12.6. The smallest absolute Gasteiger partial charge is 0.0711 e. The number of unbranched alkanes of at least 4 members (excludes halogenated alkanes) is 24. The normalized spacial score (nSPS) is 12.1. The maximum atomic E-state index is 5.93. The van der Waals surface area contributed by atoms with E-state index in [4.69, 9.17) is 9.68 Å². The summed E-state index contributed by atoms with van der Waals surface area (Å²) in [4.78, 5) is 11.9. The van der Waals surface area contributed by atoms with Crippen molar-refractivity contribution < 1.29 is 9.68 Å². The van der Waals surface area contributed by atoms with Crippen molar-refractivity contribution in [3.8, 4) is 0 Å². The zero-order chi connectivity index (χ0) is 30.4. The Hall–Kier alpha value is -0.640. The van der Waals surface area contributed by atoms with Gasteiger partial charge < -0.3 is 0 Å². The summed E-state index contributed by atoms with van der Waals surface area (Å²) >= 11 is 0. The second-order valence-corrected chi connectivity index (χ2v) is 12.6. The first-order chi connectivity index (χ1) is 20.8. The third kappa shape index (κ3) is 35.6.